The average Bonchev–Trinajstić information content (AvgIpc) is 2.77. The van der Waals surface area contributed by atoms with Crippen molar-refractivity contribution in [1.82, 2.24) is 15.1 Å². The molecule has 1 atom stereocenters. The van der Waals surface area contributed by atoms with Crippen LogP contribution < -0.4 is 5.32 Å². The van der Waals surface area contributed by atoms with Gasteiger partial charge in [-0.25, -0.2) is 4.68 Å². The number of carbonyl (C=O) groups is 1. The third kappa shape index (κ3) is 3.29. The second-order valence-corrected chi connectivity index (χ2v) is 6.14. The number of para-hydroxylation sites is 1. The molecule has 0 bridgehead atoms. The van der Waals surface area contributed by atoms with Gasteiger partial charge in [-0.3, -0.25) is 4.79 Å². The summed E-state index contributed by atoms with van der Waals surface area (Å²) in [4.78, 5) is 12.5. The van der Waals surface area contributed by atoms with E-state index in [1.807, 2.05) is 35.0 Å². The molecule has 23 heavy (non-hydrogen) atoms. The summed E-state index contributed by atoms with van der Waals surface area (Å²) in [5, 5.41) is 16.6. The Hall–Kier alpha value is -2.14. The minimum atomic E-state index is -0.272. The van der Waals surface area contributed by atoms with Crippen LogP contribution in [0.1, 0.15) is 47.9 Å². The fourth-order valence-electron chi connectivity index (χ4n) is 3.08. The van der Waals surface area contributed by atoms with E-state index < -0.39 is 0 Å². The average molecular weight is 313 g/mol. The predicted octanol–water partition coefficient (Wildman–Crippen LogP) is 2.25. The molecule has 0 radical (unpaired) electrons. The van der Waals surface area contributed by atoms with Crippen LogP contribution in [-0.4, -0.2) is 33.4 Å². The fraction of sp³-hybridized carbons (Fsp3) is 0.444. The van der Waals surface area contributed by atoms with Gasteiger partial charge >= 0.3 is 0 Å². The van der Waals surface area contributed by atoms with Crippen molar-refractivity contribution < 1.29 is 9.90 Å². The topological polar surface area (TPSA) is 67.2 Å². The number of nitrogens with one attached hydrogen (secondary N) is 1. The van der Waals surface area contributed by atoms with E-state index in [0.717, 1.165) is 42.6 Å². The number of fused-ring (bicyclic) bond motifs is 1. The SMILES string of the molecule is CC(CO)NC(=O)c1nn(-c2ccccc2)c2c1CCCCC2. The third-order valence-corrected chi connectivity index (χ3v) is 4.30. The molecule has 1 aromatic heterocycles. The summed E-state index contributed by atoms with van der Waals surface area (Å²) in [6.45, 7) is 1.71. The minimum absolute atomic E-state index is 0.0761. The maximum atomic E-state index is 12.5. The van der Waals surface area contributed by atoms with Crippen LogP contribution in [0.15, 0.2) is 30.3 Å². The summed E-state index contributed by atoms with van der Waals surface area (Å²) in [5.74, 6) is -0.195. The van der Waals surface area contributed by atoms with Gasteiger partial charge in [-0.05, 0) is 44.7 Å². The summed E-state index contributed by atoms with van der Waals surface area (Å²) in [6.07, 6.45) is 5.22. The van der Waals surface area contributed by atoms with Gasteiger partial charge in [-0.1, -0.05) is 24.6 Å². The van der Waals surface area contributed by atoms with Crippen molar-refractivity contribution >= 4 is 5.91 Å². The van der Waals surface area contributed by atoms with Crippen molar-refractivity contribution in [3.05, 3.63) is 47.3 Å². The van der Waals surface area contributed by atoms with Gasteiger partial charge in [0, 0.05) is 17.3 Å². The number of rotatable bonds is 4. The molecule has 0 fully saturated rings. The second kappa shape index (κ2) is 6.96. The molecule has 0 saturated heterocycles. The van der Waals surface area contributed by atoms with Gasteiger partial charge in [0.15, 0.2) is 5.69 Å². The Bertz CT molecular complexity index is 679. The van der Waals surface area contributed by atoms with Crippen LogP contribution in [-0.2, 0) is 12.8 Å². The molecule has 1 aromatic carbocycles. The van der Waals surface area contributed by atoms with Crippen molar-refractivity contribution in [3.63, 3.8) is 0 Å². The number of aliphatic hydroxyl groups is 1. The number of carbonyl (C=O) groups excluding carboxylic acids is 1. The van der Waals surface area contributed by atoms with E-state index in [0.29, 0.717) is 5.69 Å². The summed E-state index contributed by atoms with van der Waals surface area (Å²) in [5.41, 5.74) is 3.70. The van der Waals surface area contributed by atoms with Gasteiger partial charge in [0.2, 0.25) is 0 Å². The molecule has 1 heterocycles. The number of aromatic nitrogens is 2. The van der Waals surface area contributed by atoms with Crippen molar-refractivity contribution in [2.45, 2.75) is 45.1 Å². The van der Waals surface area contributed by atoms with E-state index in [1.54, 1.807) is 6.92 Å². The van der Waals surface area contributed by atoms with Crippen molar-refractivity contribution in [2.24, 2.45) is 0 Å². The Morgan fingerprint density at radius 1 is 1.26 bits per heavy atom. The van der Waals surface area contributed by atoms with Crippen LogP contribution in [0.5, 0.6) is 0 Å². The van der Waals surface area contributed by atoms with Crippen molar-refractivity contribution in [3.8, 4) is 5.69 Å². The molecule has 1 aliphatic carbocycles. The highest BCUT2D eigenvalue weighted by atomic mass is 16.3. The largest absolute Gasteiger partial charge is 0.394 e. The lowest BCUT2D eigenvalue weighted by Gasteiger charge is -2.10. The highest BCUT2D eigenvalue weighted by Crippen LogP contribution is 2.26. The first-order valence-corrected chi connectivity index (χ1v) is 8.28. The van der Waals surface area contributed by atoms with E-state index in [9.17, 15) is 4.79 Å². The standard InChI is InChI=1S/C18H23N3O2/c1-13(12-22)19-18(23)17-15-10-6-3-7-11-16(15)21(20-17)14-8-4-2-5-9-14/h2,4-5,8-9,13,22H,3,6-7,10-12H2,1H3,(H,19,23). The predicted molar refractivity (Wildman–Crippen MR) is 88.8 cm³/mol. The fourth-order valence-corrected chi connectivity index (χ4v) is 3.08. The molecule has 1 aliphatic rings. The summed E-state index contributed by atoms with van der Waals surface area (Å²) in [6, 6.07) is 9.68. The number of hydrogen-bond acceptors (Lipinski definition) is 3. The quantitative estimate of drug-likeness (QED) is 0.851. The molecule has 1 amide bonds. The van der Waals surface area contributed by atoms with Crippen LogP contribution in [0.4, 0.5) is 0 Å². The van der Waals surface area contributed by atoms with E-state index >= 15 is 0 Å². The highest BCUT2D eigenvalue weighted by molar-refractivity contribution is 5.94. The first-order valence-electron chi connectivity index (χ1n) is 8.28. The van der Waals surface area contributed by atoms with E-state index in [1.165, 1.54) is 6.42 Å². The van der Waals surface area contributed by atoms with Crippen LogP contribution in [0.25, 0.3) is 5.69 Å². The Labute approximate surface area is 136 Å². The smallest absolute Gasteiger partial charge is 0.272 e. The Morgan fingerprint density at radius 2 is 2.00 bits per heavy atom. The normalized spacial score (nSPS) is 15.6. The van der Waals surface area contributed by atoms with Gasteiger partial charge in [-0.15, -0.1) is 0 Å². The van der Waals surface area contributed by atoms with Crippen molar-refractivity contribution in [1.29, 1.82) is 0 Å². The number of benzene rings is 1. The van der Waals surface area contributed by atoms with Gasteiger partial charge in [0.25, 0.3) is 5.91 Å². The van der Waals surface area contributed by atoms with Crippen molar-refractivity contribution in [2.75, 3.05) is 6.61 Å². The first kappa shape index (κ1) is 15.7. The van der Waals surface area contributed by atoms with Gasteiger partial charge in [-0.2, -0.15) is 5.10 Å². The van der Waals surface area contributed by atoms with Crippen LogP contribution in [0, 0.1) is 0 Å². The maximum Gasteiger partial charge on any atom is 0.272 e. The lowest BCUT2D eigenvalue weighted by Crippen LogP contribution is -2.35. The Balaban J connectivity index is 2.03. The summed E-state index contributed by atoms with van der Waals surface area (Å²) >= 11 is 0. The van der Waals surface area contributed by atoms with Crippen LogP contribution >= 0.6 is 0 Å². The molecule has 1 unspecified atom stereocenters. The van der Waals surface area contributed by atoms with E-state index in [4.69, 9.17) is 5.11 Å². The Morgan fingerprint density at radius 3 is 2.74 bits per heavy atom. The number of nitrogens with zero attached hydrogens (tertiary/aromatic N) is 2. The molecule has 0 aliphatic heterocycles. The van der Waals surface area contributed by atoms with E-state index in [2.05, 4.69) is 10.4 Å². The molecule has 5 nitrogen and oxygen atoms in total. The summed E-state index contributed by atoms with van der Waals surface area (Å²) in [7, 11) is 0. The number of aliphatic hydroxyl groups excluding tert-OH is 1. The number of hydrogen-bond donors (Lipinski definition) is 2. The Kier molecular flexibility index (Phi) is 4.76. The molecule has 3 rings (SSSR count). The minimum Gasteiger partial charge on any atom is -0.394 e. The van der Waals surface area contributed by atoms with Gasteiger partial charge in [0.1, 0.15) is 0 Å². The molecule has 0 saturated carbocycles. The molecule has 5 heteroatoms. The van der Waals surface area contributed by atoms with E-state index in [-0.39, 0.29) is 18.6 Å². The van der Waals surface area contributed by atoms with Gasteiger partial charge < -0.3 is 10.4 Å². The second-order valence-electron chi connectivity index (χ2n) is 6.14. The molecular weight excluding hydrogens is 290 g/mol. The van der Waals surface area contributed by atoms with Crippen LogP contribution in [0.3, 0.4) is 0 Å². The molecular formula is C18H23N3O2. The molecule has 2 N–H and O–H groups in total. The zero-order valence-corrected chi connectivity index (χ0v) is 13.5. The zero-order valence-electron chi connectivity index (χ0n) is 13.5. The molecule has 2 aromatic rings. The number of amides is 1. The first-order chi connectivity index (χ1) is 11.2. The summed E-state index contributed by atoms with van der Waals surface area (Å²) < 4.78 is 1.92. The molecule has 0 spiro atoms. The maximum absolute atomic E-state index is 12.5. The van der Waals surface area contributed by atoms with Crippen LogP contribution in [0.2, 0.25) is 0 Å². The zero-order chi connectivity index (χ0) is 16.2. The lowest BCUT2D eigenvalue weighted by molar-refractivity contribution is 0.0916. The molecule has 122 valence electrons. The van der Waals surface area contributed by atoms with Gasteiger partial charge in [0.05, 0.1) is 12.3 Å². The monoisotopic (exact) mass is 313 g/mol. The highest BCUT2D eigenvalue weighted by Gasteiger charge is 2.25. The lowest BCUT2D eigenvalue weighted by atomic mass is 10.1. The third-order valence-electron chi connectivity index (χ3n) is 4.30.